The minimum absolute atomic E-state index is 0.224. The maximum Gasteiger partial charge on any atom is 0.222 e. The molecule has 0 spiro atoms. The number of benzene rings is 1. The van der Waals surface area contributed by atoms with Crippen molar-refractivity contribution in [3.8, 4) is 11.3 Å². The standard InChI is InChI=1S/C12H10FN3O/c1-8(17)16-12-7-14-11(6-15-12)9-4-2-3-5-10(9)13/h2-7H,1H3,(H,15,16,17). The Morgan fingerprint density at radius 2 is 2.00 bits per heavy atom. The number of nitrogens with zero attached hydrogens (tertiary/aromatic N) is 2. The van der Waals surface area contributed by atoms with Gasteiger partial charge in [-0.1, -0.05) is 12.1 Å². The molecule has 0 saturated carbocycles. The predicted octanol–water partition coefficient (Wildman–Crippen LogP) is 2.24. The van der Waals surface area contributed by atoms with E-state index in [0.717, 1.165) is 0 Å². The normalized spacial score (nSPS) is 10.0. The maximum atomic E-state index is 13.4. The second-order valence-corrected chi connectivity index (χ2v) is 3.45. The van der Waals surface area contributed by atoms with Gasteiger partial charge in [0.25, 0.3) is 0 Å². The molecule has 1 N–H and O–H groups in total. The van der Waals surface area contributed by atoms with Crippen molar-refractivity contribution in [2.75, 3.05) is 5.32 Å². The van der Waals surface area contributed by atoms with Crippen LogP contribution in [0.4, 0.5) is 10.2 Å². The SMILES string of the molecule is CC(=O)Nc1cnc(-c2ccccc2F)cn1. The van der Waals surface area contributed by atoms with E-state index in [1.807, 2.05) is 0 Å². The molecule has 17 heavy (non-hydrogen) atoms. The van der Waals surface area contributed by atoms with Crippen molar-refractivity contribution in [3.05, 3.63) is 42.5 Å². The number of aromatic nitrogens is 2. The maximum absolute atomic E-state index is 13.4. The Balaban J connectivity index is 2.30. The molecule has 4 nitrogen and oxygen atoms in total. The van der Waals surface area contributed by atoms with Crippen LogP contribution in [-0.2, 0) is 4.79 Å². The first-order valence-electron chi connectivity index (χ1n) is 5.01. The summed E-state index contributed by atoms with van der Waals surface area (Å²) in [6.45, 7) is 1.38. The smallest absolute Gasteiger partial charge is 0.222 e. The minimum Gasteiger partial charge on any atom is -0.310 e. The molecule has 2 rings (SSSR count). The summed E-state index contributed by atoms with van der Waals surface area (Å²) in [5.41, 5.74) is 0.812. The zero-order valence-electron chi connectivity index (χ0n) is 9.14. The molecule has 0 aliphatic carbocycles. The highest BCUT2D eigenvalue weighted by Gasteiger charge is 2.06. The van der Waals surface area contributed by atoms with E-state index in [1.54, 1.807) is 18.2 Å². The molecule has 2 aromatic rings. The van der Waals surface area contributed by atoms with Gasteiger partial charge in [-0.2, -0.15) is 0 Å². The first-order valence-corrected chi connectivity index (χ1v) is 5.01. The summed E-state index contributed by atoms with van der Waals surface area (Å²) in [7, 11) is 0. The molecule has 0 bridgehead atoms. The number of anilines is 1. The van der Waals surface area contributed by atoms with E-state index < -0.39 is 0 Å². The van der Waals surface area contributed by atoms with E-state index in [2.05, 4.69) is 15.3 Å². The highest BCUT2D eigenvalue weighted by molar-refractivity contribution is 5.87. The summed E-state index contributed by atoms with van der Waals surface area (Å²) in [5.74, 6) is -0.232. The Morgan fingerprint density at radius 1 is 1.24 bits per heavy atom. The lowest BCUT2D eigenvalue weighted by atomic mass is 10.1. The number of rotatable bonds is 2. The van der Waals surface area contributed by atoms with Gasteiger partial charge < -0.3 is 5.32 Å². The van der Waals surface area contributed by atoms with Crippen LogP contribution in [0.1, 0.15) is 6.92 Å². The van der Waals surface area contributed by atoms with Gasteiger partial charge in [0.15, 0.2) is 5.82 Å². The monoisotopic (exact) mass is 231 g/mol. The molecule has 1 amide bonds. The summed E-state index contributed by atoms with van der Waals surface area (Å²) in [6.07, 6.45) is 2.81. The predicted molar refractivity (Wildman–Crippen MR) is 61.7 cm³/mol. The number of hydrogen-bond acceptors (Lipinski definition) is 3. The van der Waals surface area contributed by atoms with Crippen molar-refractivity contribution < 1.29 is 9.18 Å². The molecule has 0 saturated heterocycles. The Labute approximate surface area is 97.5 Å². The van der Waals surface area contributed by atoms with Crippen LogP contribution in [-0.4, -0.2) is 15.9 Å². The molecule has 0 radical (unpaired) electrons. The summed E-state index contributed by atoms with van der Waals surface area (Å²) >= 11 is 0. The van der Waals surface area contributed by atoms with Crippen LogP contribution in [0.3, 0.4) is 0 Å². The molecule has 0 unspecified atom stereocenters. The summed E-state index contributed by atoms with van der Waals surface area (Å²) < 4.78 is 13.4. The Kier molecular flexibility index (Phi) is 3.09. The van der Waals surface area contributed by atoms with Gasteiger partial charge in [-0.3, -0.25) is 9.78 Å². The number of nitrogens with one attached hydrogen (secondary N) is 1. The second kappa shape index (κ2) is 4.69. The van der Waals surface area contributed by atoms with E-state index in [-0.39, 0.29) is 11.7 Å². The van der Waals surface area contributed by atoms with Crippen molar-refractivity contribution in [2.45, 2.75) is 6.92 Å². The molecule has 1 aromatic heterocycles. The lowest BCUT2D eigenvalue weighted by molar-refractivity contribution is -0.114. The van der Waals surface area contributed by atoms with Crippen LogP contribution < -0.4 is 5.32 Å². The first-order chi connectivity index (χ1) is 8.16. The lowest BCUT2D eigenvalue weighted by Gasteiger charge is -2.03. The van der Waals surface area contributed by atoms with E-state index in [1.165, 1.54) is 25.4 Å². The highest BCUT2D eigenvalue weighted by atomic mass is 19.1. The average Bonchev–Trinajstić information content (AvgIpc) is 2.30. The van der Waals surface area contributed by atoms with Crippen LogP contribution in [0.15, 0.2) is 36.7 Å². The third-order valence-electron chi connectivity index (χ3n) is 2.11. The van der Waals surface area contributed by atoms with E-state index in [0.29, 0.717) is 17.1 Å². The summed E-state index contributed by atoms with van der Waals surface area (Å²) in [4.78, 5) is 18.8. The van der Waals surface area contributed by atoms with Crippen LogP contribution in [0.2, 0.25) is 0 Å². The lowest BCUT2D eigenvalue weighted by Crippen LogP contribution is -2.07. The average molecular weight is 231 g/mol. The Bertz CT molecular complexity index is 540. The fourth-order valence-corrected chi connectivity index (χ4v) is 1.38. The van der Waals surface area contributed by atoms with Crippen LogP contribution in [0.5, 0.6) is 0 Å². The van der Waals surface area contributed by atoms with Crippen molar-refractivity contribution in [1.82, 2.24) is 9.97 Å². The largest absolute Gasteiger partial charge is 0.310 e. The minimum atomic E-state index is -0.353. The molecule has 0 fully saturated rings. The number of halogens is 1. The fourth-order valence-electron chi connectivity index (χ4n) is 1.38. The van der Waals surface area contributed by atoms with Gasteiger partial charge in [-0.15, -0.1) is 0 Å². The van der Waals surface area contributed by atoms with Crippen molar-refractivity contribution in [1.29, 1.82) is 0 Å². The Hall–Kier alpha value is -2.30. The highest BCUT2D eigenvalue weighted by Crippen LogP contribution is 2.19. The number of carbonyl (C=O) groups excluding carboxylic acids is 1. The van der Waals surface area contributed by atoms with Gasteiger partial charge in [-0.05, 0) is 12.1 Å². The zero-order valence-corrected chi connectivity index (χ0v) is 9.14. The van der Waals surface area contributed by atoms with Crippen LogP contribution in [0.25, 0.3) is 11.3 Å². The molecule has 1 heterocycles. The van der Waals surface area contributed by atoms with Crippen molar-refractivity contribution >= 4 is 11.7 Å². The Morgan fingerprint density at radius 3 is 2.59 bits per heavy atom. The summed E-state index contributed by atoms with van der Waals surface area (Å²) in [5, 5.41) is 2.49. The molecule has 0 aliphatic rings. The topological polar surface area (TPSA) is 54.9 Å². The van der Waals surface area contributed by atoms with Gasteiger partial charge in [0.1, 0.15) is 5.82 Å². The quantitative estimate of drug-likeness (QED) is 0.862. The van der Waals surface area contributed by atoms with Gasteiger partial charge in [0.05, 0.1) is 18.1 Å². The van der Waals surface area contributed by atoms with Gasteiger partial charge >= 0.3 is 0 Å². The third kappa shape index (κ3) is 2.63. The molecule has 0 aliphatic heterocycles. The molecule has 0 atom stereocenters. The van der Waals surface area contributed by atoms with E-state index >= 15 is 0 Å². The molecule has 5 heteroatoms. The fraction of sp³-hybridized carbons (Fsp3) is 0.0833. The van der Waals surface area contributed by atoms with Gasteiger partial charge in [0, 0.05) is 12.5 Å². The third-order valence-corrected chi connectivity index (χ3v) is 2.11. The van der Waals surface area contributed by atoms with E-state index in [9.17, 15) is 9.18 Å². The molecule has 86 valence electrons. The van der Waals surface area contributed by atoms with Gasteiger partial charge in [0.2, 0.25) is 5.91 Å². The number of amides is 1. The summed E-state index contributed by atoms with van der Waals surface area (Å²) in [6, 6.07) is 6.32. The molecular formula is C12H10FN3O. The van der Waals surface area contributed by atoms with Crippen LogP contribution >= 0.6 is 0 Å². The van der Waals surface area contributed by atoms with Crippen LogP contribution in [0, 0.1) is 5.82 Å². The molecule has 1 aromatic carbocycles. The molecular weight excluding hydrogens is 221 g/mol. The van der Waals surface area contributed by atoms with Crippen molar-refractivity contribution in [3.63, 3.8) is 0 Å². The first kappa shape index (κ1) is 11.2. The number of carbonyl (C=O) groups is 1. The van der Waals surface area contributed by atoms with Crippen molar-refractivity contribution in [2.24, 2.45) is 0 Å². The second-order valence-electron chi connectivity index (χ2n) is 3.45. The van der Waals surface area contributed by atoms with Gasteiger partial charge in [-0.25, -0.2) is 9.37 Å². The number of hydrogen-bond donors (Lipinski definition) is 1. The van der Waals surface area contributed by atoms with E-state index in [4.69, 9.17) is 0 Å². The zero-order chi connectivity index (χ0) is 12.3.